The van der Waals surface area contributed by atoms with Crippen LogP contribution in [-0.4, -0.2) is 4.98 Å². The van der Waals surface area contributed by atoms with Crippen molar-refractivity contribution in [1.29, 1.82) is 0 Å². The van der Waals surface area contributed by atoms with Crippen LogP contribution < -0.4 is 0 Å². The average molecular weight is 384 g/mol. The maximum absolute atomic E-state index is 5.16. The lowest BCUT2D eigenvalue weighted by atomic mass is 9.87. The molecule has 0 saturated heterocycles. The van der Waals surface area contributed by atoms with E-state index in [0.717, 1.165) is 11.6 Å². The quantitative estimate of drug-likeness (QED) is 0.352. The molecule has 1 aliphatic rings. The molecule has 1 nitrogen and oxygen atoms in total. The van der Waals surface area contributed by atoms with Gasteiger partial charge in [-0.2, -0.15) is 0 Å². The number of rotatable bonds is 2. The number of hydrogen-bond donors (Lipinski definition) is 0. The SMILES string of the molecule is Cc1cccc(-c2cc(-c3ccccc3C)nc3sc4c(c23)CCC(C)C4)c1. The Hall–Kier alpha value is -2.45. The van der Waals surface area contributed by atoms with Crippen LogP contribution in [-0.2, 0) is 12.8 Å². The smallest absolute Gasteiger partial charge is 0.125 e. The molecule has 0 bridgehead atoms. The highest BCUT2D eigenvalue weighted by Gasteiger charge is 2.24. The van der Waals surface area contributed by atoms with E-state index in [-0.39, 0.29) is 0 Å². The van der Waals surface area contributed by atoms with Crippen molar-refractivity contribution >= 4 is 21.6 Å². The molecule has 5 rings (SSSR count). The third-order valence-electron chi connectivity index (χ3n) is 6.02. The van der Waals surface area contributed by atoms with Gasteiger partial charge in [-0.15, -0.1) is 11.3 Å². The lowest BCUT2D eigenvalue weighted by Gasteiger charge is -2.18. The highest BCUT2D eigenvalue weighted by molar-refractivity contribution is 7.19. The second-order valence-electron chi connectivity index (χ2n) is 8.27. The summed E-state index contributed by atoms with van der Waals surface area (Å²) in [5, 5.41) is 1.40. The molecule has 1 atom stereocenters. The fourth-order valence-electron chi connectivity index (χ4n) is 4.48. The number of aryl methyl sites for hydroxylation is 3. The summed E-state index contributed by atoms with van der Waals surface area (Å²) in [5.41, 5.74) is 9.11. The van der Waals surface area contributed by atoms with Gasteiger partial charge >= 0.3 is 0 Å². The number of hydrogen-bond acceptors (Lipinski definition) is 2. The Morgan fingerprint density at radius 3 is 2.64 bits per heavy atom. The molecule has 28 heavy (non-hydrogen) atoms. The molecule has 2 aromatic carbocycles. The van der Waals surface area contributed by atoms with Crippen molar-refractivity contribution in [3.8, 4) is 22.4 Å². The minimum absolute atomic E-state index is 0.777. The molecule has 0 spiro atoms. The monoisotopic (exact) mass is 383 g/mol. The molecule has 2 aromatic heterocycles. The normalized spacial score (nSPS) is 16.3. The summed E-state index contributed by atoms with van der Waals surface area (Å²) in [6.07, 6.45) is 3.66. The first kappa shape index (κ1) is 17.6. The van der Waals surface area contributed by atoms with E-state index < -0.39 is 0 Å². The molecule has 0 amide bonds. The summed E-state index contributed by atoms with van der Waals surface area (Å²) in [4.78, 5) is 7.92. The molecule has 0 N–H and O–H groups in total. The number of thiophene rings is 1. The second-order valence-corrected chi connectivity index (χ2v) is 9.35. The van der Waals surface area contributed by atoms with Crippen molar-refractivity contribution < 1.29 is 0 Å². The third-order valence-corrected chi connectivity index (χ3v) is 7.16. The third kappa shape index (κ3) is 2.97. The predicted octanol–water partition coefficient (Wildman–Crippen LogP) is 7.37. The van der Waals surface area contributed by atoms with Gasteiger partial charge in [0.1, 0.15) is 4.83 Å². The predicted molar refractivity (Wildman–Crippen MR) is 121 cm³/mol. The van der Waals surface area contributed by atoms with E-state index in [0.29, 0.717) is 0 Å². The van der Waals surface area contributed by atoms with Gasteiger partial charge in [0.15, 0.2) is 0 Å². The molecule has 1 aliphatic carbocycles. The van der Waals surface area contributed by atoms with Crippen LogP contribution in [0.15, 0.2) is 54.6 Å². The van der Waals surface area contributed by atoms with E-state index in [1.165, 1.54) is 57.3 Å². The van der Waals surface area contributed by atoms with Gasteiger partial charge in [-0.1, -0.05) is 61.0 Å². The van der Waals surface area contributed by atoms with E-state index in [9.17, 15) is 0 Å². The van der Waals surface area contributed by atoms with Crippen LogP contribution in [0.3, 0.4) is 0 Å². The van der Waals surface area contributed by atoms with Gasteiger partial charge in [0.05, 0.1) is 5.69 Å². The molecular formula is C26H25NS. The van der Waals surface area contributed by atoms with Crippen LogP contribution >= 0.6 is 11.3 Å². The highest BCUT2D eigenvalue weighted by atomic mass is 32.1. The second kappa shape index (κ2) is 6.86. The average Bonchev–Trinajstić information content (AvgIpc) is 3.05. The summed E-state index contributed by atoms with van der Waals surface area (Å²) >= 11 is 1.92. The van der Waals surface area contributed by atoms with Crippen LogP contribution in [0.4, 0.5) is 0 Å². The molecule has 140 valence electrons. The number of aromatic nitrogens is 1. The highest BCUT2D eigenvalue weighted by Crippen LogP contribution is 2.43. The van der Waals surface area contributed by atoms with Gasteiger partial charge in [-0.25, -0.2) is 4.98 Å². The molecule has 2 heterocycles. The van der Waals surface area contributed by atoms with Gasteiger partial charge in [-0.3, -0.25) is 0 Å². The Bertz CT molecular complexity index is 1180. The van der Waals surface area contributed by atoms with E-state index >= 15 is 0 Å². The molecular weight excluding hydrogens is 358 g/mol. The van der Waals surface area contributed by atoms with Crippen LogP contribution in [0.2, 0.25) is 0 Å². The largest absolute Gasteiger partial charge is 0.237 e. The zero-order valence-corrected chi connectivity index (χ0v) is 17.6. The van der Waals surface area contributed by atoms with Gasteiger partial charge in [-0.05, 0) is 67.3 Å². The molecule has 4 aromatic rings. The van der Waals surface area contributed by atoms with E-state index in [4.69, 9.17) is 4.98 Å². The van der Waals surface area contributed by atoms with Gasteiger partial charge in [0, 0.05) is 15.8 Å². The summed E-state index contributed by atoms with van der Waals surface area (Å²) < 4.78 is 0. The summed E-state index contributed by atoms with van der Waals surface area (Å²) in [6, 6.07) is 19.8. The van der Waals surface area contributed by atoms with Crippen molar-refractivity contribution in [2.24, 2.45) is 5.92 Å². The molecule has 1 unspecified atom stereocenters. The van der Waals surface area contributed by atoms with Gasteiger partial charge in [0.25, 0.3) is 0 Å². The minimum atomic E-state index is 0.777. The first-order valence-electron chi connectivity index (χ1n) is 10.2. The molecule has 0 aliphatic heterocycles. The van der Waals surface area contributed by atoms with Gasteiger partial charge in [0.2, 0.25) is 0 Å². The fraction of sp³-hybridized carbons (Fsp3) is 0.269. The lowest BCUT2D eigenvalue weighted by molar-refractivity contribution is 0.509. The zero-order valence-electron chi connectivity index (χ0n) is 16.8. The van der Waals surface area contributed by atoms with Crippen molar-refractivity contribution in [3.05, 3.63) is 76.2 Å². The standard InChI is InChI=1S/C26H25NS/c1-16-7-6-9-19(13-16)22-15-23(20-10-5-4-8-18(20)3)27-26-25(22)21-12-11-17(2)14-24(21)28-26/h4-10,13,15,17H,11-12,14H2,1-3H3. The van der Waals surface area contributed by atoms with Crippen molar-refractivity contribution in [1.82, 2.24) is 4.98 Å². The maximum atomic E-state index is 5.16. The van der Waals surface area contributed by atoms with E-state index in [2.05, 4.69) is 75.4 Å². The topological polar surface area (TPSA) is 12.9 Å². The molecule has 0 radical (unpaired) electrons. The van der Waals surface area contributed by atoms with Crippen LogP contribution in [0.1, 0.15) is 34.9 Å². The Balaban J connectivity index is 1.82. The molecule has 2 heteroatoms. The van der Waals surface area contributed by atoms with E-state index in [1.807, 2.05) is 11.3 Å². The summed E-state index contributed by atoms with van der Waals surface area (Å²) in [7, 11) is 0. The van der Waals surface area contributed by atoms with E-state index in [1.54, 1.807) is 10.4 Å². The van der Waals surface area contributed by atoms with Crippen LogP contribution in [0.25, 0.3) is 32.6 Å². The molecule has 0 fully saturated rings. The Labute approximate surface area is 171 Å². The zero-order chi connectivity index (χ0) is 19.3. The fourth-order valence-corrected chi connectivity index (χ4v) is 5.89. The van der Waals surface area contributed by atoms with Crippen molar-refractivity contribution in [2.45, 2.75) is 40.0 Å². The summed E-state index contributed by atoms with van der Waals surface area (Å²) in [6.45, 7) is 6.73. The lowest BCUT2D eigenvalue weighted by Crippen LogP contribution is -2.08. The number of pyridine rings is 1. The number of fused-ring (bicyclic) bond motifs is 3. The van der Waals surface area contributed by atoms with Crippen LogP contribution in [0, 0.1) is 19.8 Å². The Morgan fingerprint density at radius 2 is 1.82 bits per heavy atom. The van der Waals surface area contributed by atoms with Crippen molar-refractivity contribution in [2.75, 3.05) is 0 Å². The minimum Gasteiger partial charge on any atom is -0.237 e. The number of nitrogens with zero attached hydrogens (tertiary/aromatic N) is 1. The Morgan fingerprint density at radius 1 is 0.964 bits per heavy atom. The number of benzene rings is 2. The Kier molecular flexibility index (Phi) is 4.32. The first-order valence-corrected chi connectivity index (χ1v) is 11.0. The summed E-state index contributed by atoms with van der Waals surface area (Å²) in [5.74, 6) is 0.777. The first-order chi connectivity index (χ1) is 13.6. The van der Waals surface area contributed by atoms with Crippen LogP contribution in [0.5, 0.6) is 0 Å². The maximum Gasteiger partial charge on any atom is 0.125 e. The van der Waals surface area contributed by atoms with Gasteiger partial charge < -0.3 is 0 Å². The van der Waals surface area contributed by atoms with Crippen molar-refractivity contribution in [3.63, 3.8) is 0 Å². The molecule has 0 saturated carbocycles.